The fraction of sp³-hybridized carbons (Fsp3) is 0.0526. The minimum absolute atomic E-state index is 0.167. The van der Waals surface area contributed by atoms with Crippen LogP contribution >= 0.6 is 11.8 Å². The van der Waals surface area contributed by atoms with E-state index in [9.17, 15) is 9.18 Å². The summed E-state index contributed by atoms with van der Waals surface area (Å²) in [6, 6.07) is 19.0. The van der Waals surface area contributed by atoms with Gasteiger partial charge in [-0.15, -0.1) is 0 Å². The molecular weight excluding hydrogens is 339 g/mol. The molecule has 4 rings (SSSR count). The van der Waals surface area contributed by atoms with Gasteiger partial charge in [-0.3, -0.25) is 4.79 Å². The third-order valence-electron chi connectivity index (χ3n) is 3.70. The van der Waals surface area contributed by atoms with Gasteiger partial charge in [0.1, 0.15) is 22.6 Å². The van der Waals surface area contributed by atoms with Crippen molar-refractivity contribution in [2.75, 3.05) is 0 Å². The molecule has 3 aromatic rings. The van der Waals surface area contributed by atoms with Gasteiger partial charge in [0.15, 0.2) is 5.17 Å². The second kappa shape index (κ2) is 6.57. The number of furan rings is 1. The smallest absolute Gasteiger partial charge is 0.247 e. The Morgan fingerprint density at radius 1 is 1.00 bits per heavy atom. The normalized spacial score (nSPS) is 18.5. The maximum atomic E-state index is 13.0. The van der Waals surface area contributed by atoms with Crippen LogP contribution in [0.2, 0.25) is 0 Å². The first-order valence-corrected chi connectivity index (χ1v) is 8.54. The van der Waals surface area contributed by atoms with Gasteiger partial charge in [0.25, 0.3) is 0 Å². The summed E-state index contributed by atoms with van der Waals surface area (Å²) in [4.78, 5) is 16.7. The number of hydrogen-bond acceptors (Lipinski definition) is 4. The Bertz CT molecular complexity index is 936. The molecular formula is C19H13FN2O2S. The van der Waals surface area contributed by atoms with Gasteiger partial charge in [-0.1, -0.05) is 30.0 Å². The van der Waals surface area contributed by atoms with Crippen LogP contribution < -0.4 is 5.32 Å². The zero-order valence-electron chi connectivity index (χ0n) is 13.0. The van der Waals surface area contributed by atoms with Crippen molar-refractivity contribution in [2.45, 2.75) is 5.25 Å². The maximum absolute atomic E-state index is 13.0. The van der Waals surface area contributed by atoms with E-state index in [-0.39, 0.29) is 11.7 Å². The highest BCUT2D eigenvalue weighted by Gasteiger charge is 2.34. The SMILES string of the molecule is O=C1NC(=Nc2ccccc2)S[C@@H]1c1ccc(-c2ccc(F)cc2)o1. The van der Waals surface area contributed by atoms with Gasteiger partial charge in [0.05, 0.1) is 5.69 Å². The molecule has 1 saturated heterocycles. The molecule has 1 atom stereocenters. The zero-order chi connectivity index (χ0) is 17.2. The van der Waals surface area contributed by atoms with Crippen LogP contribution in [0.15, 0.2) is 76.1 Å². The number of hydrogen-bond donors (Lipinski definition) is 1. The first-order chi connectivity index (χ1) is 12.2. The Kier molecular flexibility index (Phi) is 4.11. The van der Waals surface area contributed by atoms with Crippen LogP contribution in [0, 0.1) is 5.82 Å². The molecule has 1 N–H and O–H groups in total. The number of benzene rings is 2. The van der Waals surface area contributed by atoms with Crippen molar-refractivity contribution in [1.29, 1.82) is 0 Å². The predicted molar refractivity (Wildman–Crippen MR) is 96.1 cm³/mol. The van der Waals surface area contributed by atoms with Crippen LogP contribution in [0.25, 0.3) is 11.3 Å². The van der Waals surface area contributed by atoms with Gasteiger partial charge in [-0.05, 0) is 48.5 Å². The van der Waals surface area contributed by atoms with E-state index in [1.54, 1.807) is 24.3 Å². The topological polar surface area (TPSA) is 54.6 Å². The van der Waals surface area contributed by atoms with Crippen LogP contribution in [0.5, 0.6) is 0 Å². The fourth-order valence-electron chi connectivity index (χ4n) is 2.49. The van der Waals surface area contributed by atoms with E-state index in [2.05, 4.69) is 10.3 Å². The zero-order valence-corrected chi connectivity index (χ0v) is 13.8. The standard InChI is InChI=1S/C19H13FN2O2S/c20-13-8-6-12(7-9-13)15-10-11-16(24-15)17-18(23)22-19(25-17)21-14-4-2-1-3-5-14/h1-11,17H,(H,21,22,23)/t17-/m1/s1. The summed E-state index contributed by atoms with van der Waals surface area (Å²) in [6.45, 7) is 0. The van der Waals surface area contributed by atoms with Crippen LogP contribution in [-0.4, -0.2) is 11.1 Å². The highest BCUT2D eigenvalue weighted by Crippen LogP contribution is 2.37. The lowest BCUT2D eigenvalue weighted by Gasteiger charge is -2.01. The number of amidine groups is 1. The Balaban J connectivity index is 1.55. The highest BCUT2D eigenvalue weighted by molar-refractivity contribution is 8.15. The van der Waals surface area contributed by atoms with Crippen molar-refractivity contribution < 1.29 is 13.6 Å². The minimum Gasteiger partial charge on any atom is -0.459 e. The van der Waals surface area contributed by atoms with Crippen LogP contribution in [0.4, 0.5) is 10.1 Å². The molecule has 4 nitrogen and oxygen atoms in total. The maximum Gasteiger partial charge on any atom is 0.247 e. The summed E-state index contributed by atoms with van der Waals surface area (Å²) in [7, 11) is 0. The summed E-state index contributed by atoms with van der Waals surface area (Å²) in [5.41, 5.74) is 1.53. The Morgan fingerprint density at radius 2 is 1.76 bits per heavy atom. The van der Waals surface area contributed by atoms with Crippen LogP contribution in [0.1, 0.15) is 11.0 Å². The molecule has 6 heteroatoms. The monoisotopic (exact) mass is 352 g/mol. The summed E-state index contributed by atoms with van der Waals surface area (Å²) in [6.07, 6.45) is 0. The third kappa shape index (κ3) is 3.34. The lowest BCUT2D eigenvalue weighted by atomic mass is 10.2. The van der Waals surface area contributed by atoms with Crippen molar-refractivity contribution in [2.24, 2.45) is 4.99 Å². The summed E-state index contributed by atoms with van der Waals surface area (Å²) in [5.74, 6) is 0.666. The second-order valence-electron chi connectivity index (χ2n) is 5.45. The quantitative estimate of drug-likeness (QED) is 0.745. The van der Waals surface area contributed by atoms with Crippen molar-refractivity contribution in [3.63, 3.8) is 0 Å². The van der Waals surface area contributed by atoms with Gasteiger partial charge >= 0.3 is 0 Å². The number of carbonyl (C=O) groups is 1. The van der Waals surface area contributed by atoms with E-state index >= 15 is 0 Å². The highest BCUT2D eigenvalue weighted by atomic mass is 32.2. The molecule has 0 aliphatic carbocycles. The molecule has 1 fully saturated rings. The van der Waals surface area contributed by atoms with Crippen molar-refractivity contribution in [3.8, 4) is 11.3 Å². The first-order valence-electron chi connectivity index (χ1n) is 7.66. The lowest BCUT2D eigenvalue weighted by molar-refractivity contribution is -0.119. The number of aliphatic imine (C=N–C) groups is 1. The van der Waals surface area contributed by atoms with E-state index in [1.807, 2.05) is 30.3 Å². The third-order valence-corrected chi connectivity index (χ3v) is 4.80. The fourth-order valence-corrected chi connectivity index (χ4v) is 3.44. The van der Waals surface area contributed by atoms with Crippen LogP contribution in [-0.2, 0) is 4.79 Å². The Morgan fingerprint density at radius 3 is 2.52 bits per heavy atom. The molecule has 2 aromatic carbocycles. The molecule has 25 heavy (non-hydrogen) atoms. The number of thioether (sulfide) groups is 1. The Hall–Kier alpha value is -2.86. The molecule has 2 heterocycles. The van der Waals surface area contributed by atoms with Gasteiger partial charge < -0.3 is 9.73 Å². The van der Waals surface area contributed by atoms with Crippen LogP contribution in [0.3, 0.4) is 0 Å². The average molecular weight is 352 g/mol. The number of nitrogens with one attached hydrogen (secondary N) is 1. The Labute approximate surface area is 147 Å². The molecule has 0 spiro atoms. The number of amides is 1. The summed E-state index contributed by atoms with van der Waals surface area (Å²) < 4.78 is 18.8. The molecule has 124 valence electrons. The van der Waals surface area contributed by atoms with E-state index < -0.39 is 5.25 Å². The number of carbonyl (C=O) groups excluding carboxylic acids is 1. The molecule has 0 unspecified atom stereocenters. The van der Waals surface area contributed by atoms with Crippen molar-refractivity contribution in [1.82, 2.24) is 5.32 Å². The largest absolute Gasteiger partial charge is 0.459 e. The van der Waals surface area contributed by atoms with E-state index in [0.717, 1.165) is 11.3 Å². The summed E-state index contributed by atoms with van der Waals surface area (Å²) in [5, 5.41) is 2.83. The summed E-state index contributed by atoms with van der Waals surface area (Å²) >= 11 is 1.31. The molecule has 0 radical (unpaired) electrons. The van der Waals surface area contributed by atoms with Crippen molar-refractivity contribution >= 4 is 28.5 Å². The lowest BCUT2D eigenvalue weighted by Crippen LogP contribution is -2.21. The second-order valence-corrected chi connectivity index (χ2v) is 6.54. The van der Waals surface area contributed by atoms with E-state index in [1.165, 1.54) is 23.9 Å². The molecule has 0 bridgehead atoms. The average Bonchev–Trinajstić information content (AvgIpc) is 3.23. The molecule has 1 aliphatic rings. The molecule has 1 aliphatic heterocycles. The van der Waals surface area contributed by atoms with Gasteiger partial charge in [0, 0.05) is 5.56 Å². The van der Waals surface area contributed by atoms with Gasteiger partial charge in [-0.2, -0.15) is 0 Å². The van der Waals surface area contributed by atoms with Crippen molar-refractivity contribution in [3.05, 3.63) is 78.3 Å². The minimum atomic E-state index is -0.489. The molecule has 0 saturated carbocycles. The number of rotatable bonds is 3. The number of nitrogens with zero attached hydrogens (tertiary/aromatic N) is 1. The van der Waals surface area contributed by atoms with Gasteiger partial charge in [-0.25, -0.2) is 9.38 Å². The van der Waals surface area contributed by atoms with E-state index in [0.29, 0.717) is 16.7 Å². The predicted octanol–water partition coefficient (Wildman–Crippen LogP) is 4.68. The van der Waals surface area contributed by atoms with Gasteiger partial charge in [0.2, 0.25) is 5.91 Å². The molecule has 1 aromatic heterocycles. The molecule has 1 amide bonds. The number of para-hydroxylation sites is 1. The van der Waals surface area contributed by atoms with E-state index in [4.69, 9.17) is 4.42 Å². The first kappa shape index (κ1) is 15.7. The number of halogens is 1.